The second-order valence-corrected chi connectivity index (χ2v) is 4.41. The molecule has 0 bridgehead atoms. The Hall–Kier alpha value is -1.31. The third-order valence-corrected chi connectivity index (χ3v) is 2.24. The summed E-state index contributed by atoms with van der Waals surface area (Å²) in [5.74, 6) is -0.0366. The molecule has 1 amide bonds. The van der Waals surface area contributed by atoms with Gasteiger partial charge in [0, 0.05) is 12.6 Å². The summed E-state index contributed by atoms with van der Waals surface area (Å²) in [5.41, 5.74) is 2.09. The third kappa shape index (κ3) is 4.05. The minimum atomic E-state index is -0.0366. The van der Waals surface area contributed by atoms with Crippen LogP contribution in [0.4, 0.5) is 0 Å². The fourth-order valence-corrected chi connectivity index (χ4v) is 1.27. The zero-order valence-corrected chi connectivity index (χ0v) is 11.2. The van der Waals surface area contributed by atoms with Crippen LogP contribution in [0.1, 0.15) is 50.5 Å². The lowest BCUT2D eigenvalue weighted by Gasteiger charge is -2.18. The van der Waals surface area contributed by atoms with Crippen LogP contribution in [0.2, 0.25) is 0 Å². The standard InChI is InChI=1S/C12H17NO.C2H6/c1-12(2,3)10-7-5-9(6-8-10)11(14)13-4;1-2/h5-8H,1-4H3,(H,13,14);1-2H3. The van der Waals surface area contributed by atoms with Crippen LogP contribution >= 0.6 is 0 Å². The molecule has 2 heteroatoms. The van der Waals surface area contributed by atoms with Gasteiger partial charge >= 0.3 is 0 Å². The number of carbonyl (C=O) groups excluding carboxylic acids is 1. The molecule has 1 N–H and O–H groups in total. The summed E-state index contributed by atoms with van der Waals surface area (Å²) >= 11 is 0. The number of nitrogens with one attached hydrogen (secondary N) is 1. The summed E-state index contributed by atoms with van der Waals surface area (Å²) in [7, 11) is 1.64. The van der Waals surface area contributed by atoms with Gasteiger partial charge in [-0.3, -0.25) is 4.79 Å². The van der Waals surface area contributed by atoms with E-state index in [1.54, 1.807) is 7.05 Å². The van der Waals surface area contributed by atoms with E-state index in [4.69, 9.17) is 0 Å². The van der Waals surface area contributed by atoms with E-state index in [1.165, 1.54) is 5.56 Å². The zero-order valence-electron chi connectivity index (χ0n) is 11.2. The van der Waals surface area contributed by atoms with Gasteiger partial charge < -0.3 is 5.32 Å². The van der Waals surface area contributed by atoms with Crippen LogP contribution in [-0.2, 0) is 5.41 Å². The SMILES string of the molecule is CC.CNC(=O)c1ccc(C(C)(C)C)cc1. The maximum Gasteiger partial charge on any atom is 0.251 e. The monoisotopic (exact) mass is 221 g/mol. The Bertz CT molecular complexity index is 320. The lowest BCUT2D eigenvalue weighted by molar-refractivity contribution is 0.0963. The second kappa shape index (κ2) is 6.31. The highest BCUT2D eigenvalue weighted by Crippen LogP contribution is 2.21. The van der Waals surface area contributed by atoms with Gasteiger partial charge in [-0.15, -0.1) is 0 Å². The van der Waals surface area contributed by atoms with E-state index in [1.807, 2.05) is 38.1 Å². The number of carbonyl (C=O) groups is 1. The molecule has 0 atom stereocenters. The Labute approximate surface area is 99.1 Å². The van der Waals surface area contributed by atoms with Crippen molar-refractivity contribution in [1.29, 1.82) is 0 Å². The second-order valence-electron chi connectivity index (χ2n) is 4.41. The van der Waals surface area contributed by atoms with E-state index >= 15 is 0 Å². The highest BCUT2D eigenvalue weighted by atomic mass is 16.1. The smallest absolute Gasteiger partial charge is 0.251 e. The minimum absolute atomic E-state index is 0.0366. The summed E-state index contributed by atoms with van der Waals surface area (Å²) in [4.78, 5) is 11.3. The summed E-state index contributed by atoms with van der Waals surface area (Å²) in [5, 5.41) is 2.60. The van der Waals surface area contributed by atoms with Gasteiger partial charge in [-0.25, -0.2) is 0 Å². The number of hydrogen-bond acceptors (Lipinski definition) is 1. The van der Waals surface area contributed by atoms with E-state index in [0.29, 0.717) is 5.56 Å². The molecule has 0 heterocycles. The molecule has 0 radical (unpaired) electrons. The maximum absolute atomic E-state index is 11.3. The Kier molecular flexibility index (Phi) is 5.79. The zero-order chi connectivity index (χ0) is 12.8. The predicted octanol–water partition coefficient (Wildman–Crippen LogP) is 3.37. The van der Waals surface area contributed by atoms with Crippen molar-refractivity contribution in [3.63, 3.8) is 0 Å². The Morgan fingerprint density at radius 1 is 1.06 bits per heavy atom. The van der Waals surface area contributed by atoms with Gasteiger partial charge in [-0.2, -0.15) is 0 Å². The number of rotatable bonds is 1. The molecule has 1 aromatic carbocycles. The largest absolute Gasteiger partial charge is 0.355 e. The molecule has 0 aliphatic heterocycles. The molecule has 0 aliphatic carbocycles. The molecule has 1 aromatic rings. The average molecular weight is 221 g/mol. The molecule has 2 nitrogen and oxygen atoms in total. The number of hydrogen-bond donors (Lipinski definition) is 1. The van der Waals surface area contributed by atoms with Gasteiger partial charge in [-0.05, 0) is 23.1 Å². The maximum atomic E-state index is 11.3. The molecule has 0 unspecified atom stereocenters. The van der Waals surface area contributed by atoms with E-state index < -0.39 is 0 Å². The van der Waals surface area contributed by atoms with Crippen molar-refractivity contribution in [2.75, 3.05) is 7.05 Å². The molecule has 1 rings (SSSR count). The predicted molar refractivity (Wildman–Crippen MR) is 69.9 cm³/mol. The van der Waals surface area contributed by atoms with E-state index in [9.17, 15) is 4.79 Å². The van der Waals surface area contributed by atoms with Crippen molar-refractivity contribution >= 4 is 5.91 Å². The van der Waals surface area contributed by atoms with Crippen molar-refractivity contribution in [2.45, 2.75) is 40.0 Å². The molecule has 90 valence electrons. The van der Waals surface area contributed by atoms with Gasteiger partial charge in [0.15, 0.2) is 0 Å². The molecule has 0 saturated carbocycles. The van der Waals surface area contributed by atoms with Gasteiger partial charge in [0.1, 0.15) is 0 Å². The quantitative estimate of drug-likeness (QED) is 0.774. The molecule has 0 saturated heterocycles. The van der Waals surface area contributed by atoms with Crippen LogP contribution in [0.25, 0.3) is 0 Å². The molecule has 0 fully saturated rings. The highest BCUT2D eigenvalue weighted by Gasteiger charge is 2.13. The van der Waals surface area contributed by atoms with Crippen LogP contribution in [0.5, 0.6) is 0 Å². The van der Waals surface area contributed by atoms with Crippen LogP contribution in [0.15, 0.2) is 24.3 Å². The normalized spacial score (nSPS) is 10.1. The summed E-state index contributed by atoms with van der Waals surface area (Å²) in [6.07, 6.45) is 0. The third-order valence-electron chi connectivity index (χ3n) is 2.24. The summed E-state index contributed by atoms with van der Waals surface area (Å²) < 4.78 is 0. The molecule has 0 aromatic heterocycles. The average Bonchev–Trinajstić information content (AvgIpc) is 2.30. The highest BCUT2D eigenvalue weighted by molar-refractivity contribution is 5.93. The van der Waals surface area contributed by atoms with Crippen molar-refractivity contribution < 1.29 is 4.79 Å². The van der Waals surface area contributed by atoms with Crippen LogP contribution in [0.3, 0.4) is 0 Å². The van der Waals surface area contributed by atoms with Gasteiger partial charge in [0.2, 0.25) is 0 Å². The minimum Gasteiger partial charge on any atom is -0.355 e. The first-order valence-corrected chi connectivity index (χ1v) is 5.78. The number of benzene rings is 1. The lowest BCUT2D eigenvalue weighted by atomic mass is 9.87. The number of amides is 1. The lowest BCUT2D eigenvalue weighted by Crippen LogP contribution is -2.18. The van der Waals surface area contributed by atoms with Crippen LogP contribution < -0.4 is 5.32 Å². The first-order chi connectivity index (χ1) is 7.45. The summed E-state index contributed by atoms with van der Waals surface area (Å²) in [6.45, 7) is 10.5. The van der Waals surface area contributed by atoms with Crippen molar-refractivity contribution in [3.05, 3.63) is 35.4 Å². The van der Waals surface area contributed by atoms with Crippen LogP contribution in [0, 0.1) is 0 Å². The fourth-order valence-electron chi connectivity index (χ4n) is 1.27. The first-order valence-electron chi connectivity index (χ1n) is 5.78. The fraction of sp³-hybridized carbons (Fsp3) is 0.500. The van der Waals surface area contributed by atoms with Gasteiger partial charge in [0.05, 0.1) is 0 Å². The van der Waals surface area contributed by atoms with Crippen molar-refractivity contribution in [1.82, 2.24) is 5.32 Å². The molecule has 16 heavy (non-hydrogen) atoms. The molecular formula is C14H23NO. The van der Waals surface area contributed by atoms with Crippen molar-refractivity contribution in [3.8, 4) is 0 Å². The van der Waals surface area contributed by atoms with Crippen molar-refractivity contribution in [2.24, 2.45) is 0 Å². The Morgan fingerprint density at radius 2 is 1.50 bits per heavy atom. The Morgan fingerprint density at radius 3 is 1.81 bits per heavy atom. The van der Waals surface area contributed by atoms with E-state index in [0.717, 1.165) is 0 Å². The van der Waals surface area contributed by atoms with E-state index in [2.05, 4.69) is 26.1 Å². The molecule has 0 spiro atoms. The van der Waals surface area contributed by atoms with Gasteiger partial charge in [0.25, 0.3) is 5.91 Å². The topological polar surface area (TPSA) is 29.1 Å². The molecule has 0 aliphatic rings. The van der Waals surface area contributed by atoms with Gasteiger partial charge in [-0.1, -0.05) is 46.8 Å². The molecular weight excluding hydrogens is 198 g/mol. The van der Waals surface area contributed by atoms with Crippen LogP contribution in [-0.4, -0.2) is 13.0 Å². The first kappa shape index (κ1) is 14.7. The Balaban J connectivity index is 0.00000106. The van der Waals surface area contributed by atoms with E-state index in [-0.39, 0.29) is 11.3 Å². The summed E-state index contributed by atoms with van der Waals surface area (Å²) in [6, 6.07) is 7.73.